The van der Waals surface area contributed by atoms with Crippen LogP contribution in [0.5, 0.6) is 0 Å². The second-order valence-electron chi connectivity index (χ2n) is 8.46. The molecule has 0 heterocycles. The van der Waals surface area contributed by atoms with E-state index in [2.05, 4.69) is 45.4 Å². The molecule has 0 aliphatic heterocycles. The van der Waals surface area contributed by atoms with Gasteiger partial charge in [-0.2, -0.15) is 0 Å². The first-order valence-corrected chi connectivity index (χ1v) is 10.3. The lowest BCUT2D eigenvalue weighted by Crippen LogP contribution is -2.55. The summed E-state index contributed by atoms with van der Waals surface area (Å²) in [4.78, 5) is 24.6. The van der Waals surface area contributed by atoms with Crippen LogP contribution in [-0.2, 0) is 9.59 Å². The highest BCUT2D eigenvalue weighted by Crippen LogP contribution is 2.64. The predicted molar refractivity (Wildman–Crippen MR) is 106 cm³/mol. The van der Waals surface area contributed by atoms with Crippen molar-refractivity contribution in [3.63, 3.8) is 0 Å². The Morgan fingerprint density at radius 1 is 1.32 bits per heavy atom. The minimum atomic E-state index is -0.221. The van der Waals surface area contributed by atoms with Gasteiger partial charge in [-0.05, 0) is 65.1 Å². The minimum Gasteiger partial charge on any atom is -0.324 e. The summed E-state index contributed by atoms with van der Waals surface area (Å²) >= 11 is 2.08. The maximum atomic E-state index is 12.5. The number of fused-ring (bicyclic) bond motifs is 5. The molecule has 0 spiro atoms. The van der Waals surface area contributed by atoms with Crippen LogP contribution in [0.3, 0.4) is 0 Å². The SMILES string of the molecule is C[C@]12CC[C@H]3[C@@H](C[C@H](N)C4=CC(=O)C=C[C@@]43CC#CI)[C@@H]1CCC2=O. The molecule has 0 aromatic heterocycles. The fraction of sp³-hybridized carbons (Fsp3) is 0.619. The highest BCUT2D eigenvalue weighted by atomic mass is 127. The molecule has 3 saturated carbocycles. The molecule has 4 heteroatoms. The third-order valence-electron chi connectivity index (χ3n) is 7.56. The standard InChI is InChI=1S/C21H24INO2/c1-20-8-6-16-14(15(20)3-4-19(20)25)12-18(23)17-11-13(24)5-9-21(16,17)7-2-10-22/h5,9,11,14-16,18H,3-4,6-8,12,23H2,1H3/t14-,15-,16-,18-,20-,21+/m0/s1. The van der Waals surface area contributed by atoms with Gasteiger partial charge in [0, 0.05) is 52.3 Å². The molecule has 3 fully saturated rings. The first kappa shape index (κ1) is 17.5. The van der Waals surface area contributed by atoms with E-state index in [4.69, 9.17) is 5.73 Å². The summed E-state index contributed by atoms with van der Waals surface area (Å²) in [5.41, 5.74) is 7.28. The van der Waals surface area contributed by atoms with Gasteiger partial charge in [0.25, 0.3) is 0 Å². The summed E-state index contributed by atoms with van der Waals surface area (Å²) in [7, 11) is 0. The van der Waals surface area contributed by atoms with E-state index < -0.39 is 0 Å². The Balaban J connectivity index is 1.80. The Labute approximate surface area is 163 Å². The van der Waals surface area contributed by atoms with Crippen molar-refractivity contribution >= 4 is 34.2 Å². The quantitative estimate of drug-likeness (QED) is 0.492. The average molecular weight is 449 g/mol. The van der Waals surface area contributed by atoms with Crippen LogP contribution in [0, 0.1) is 38.4 Å². The van der Waals surface area contributed by atoms with Gasteiger partial charge in [-0.1, -0.05) is 18.9 Å². The minimum absolute atomic E-state index is 0.0404. The second kappa shape index (κ2) is 6.06. The molecule has 0 aromatic carbocycles. The van der Waals surface area contributed by atoms with Gasteiger partial charge in [0.2, 0.25) is 0 Å². The molecule has 0 radical (unpaired) electrons. The third kappa shape index (κ3) is 2.42. The number of halogens is 1. The second-order valence-corrected chi connectivity index (χ2v) is 9.00. The van der Waals surface area contributed by atoms with Gasteiger partial charge in [0.1, 0.15) is 5.78 Å². The van der Waals surface area contributed by atoms with Crippen molar-refractivity contribution in [3.8, 4) is 9.85 Å². The summed E-state index contributed by atoms with van der Waals surface area (Å²) in [6.45, 7) is 2.18. The Morgan fingerprint density at radius 3 is 2.88 bits per heavy atom. The van der Waals surface area contributed by atoms with Crippen molar-refractivity contribution in [1.82, 2.24) is 0 Å². The van der Waals surface area contributed by atoms with Gasteiger partial charge in [0.05, 0.1) is 0 Å². The van der Waals surface area contributed by atoms with Crippen LogP contribution < -0.4 is 5.73 Å². The Hall–Kier alpha value is -0.930. The smallest absolute Gasteiger partial charge is 0.178 e. The fourth-order valence-electron chi connectivity index (χ4n) is 6.37. The normalized spacial score (nSPS) is 45.0. The van der Waals surface area contributed by atoms with E-state index in [9.17, 15) is 9.59 Å². The summed E-state index contributed by atoms with van der Waals surface area (Å²) in [6, 6.07) is -0.107. The maximum Gasteiger partial charge on any atom is 0.178 e. The van der Waals surface area contributed by atoms with Crippen molar-refractivity contribution in [2.45, 2.75) is 51.5 Å². The molecule has 2 N–H and O–H groups in total. The van der Waals surface area contributed by atoms with Crippen LogP contribution in [0.15, 0.2) is 23.8 Å². The van der Waals surface area contributed by atoms with Crippen molar-refractivity contribution < 1.29 is 9.59 Å². The summed E-state index contributed by atoms with van der Waals surface area (Å²) in [5.74, 6) is 5.07. The van der Waals surface area contributed by atoms with Crippen LogP contribution in [-0.4, -0.2) is 17.6 Å². The molecule has 4 aliphatic carbocycles. The van der Waals surface area contributed by atoms with Crippen molar-refractivity contribution in [2.75, 3.05) is 0 Å². The van der Waals surface area contributed by atoms with Crippen molar-refractivity contribution in [2.24, 2.45) is 34.3 Å². The molecule has 0 amide bonds. The van der Waals surface area contributed by atoms with Crippen LogP contribution in [0.2, 0.25) is 0 Å². The first-order chi connectivity index (χ1) is 11.9. The lowest BCUT2D eigenvalue weighted by atomic mass is 9.46. The Morgan fingerprint density at radius 2 is 2.12 bits per heavy atom. The average Bonchev–Trinajstić information content (AvgIpc) is 2.90. The predicted octanol–water partition coefficient (Wildman–Crippen LogP) is 3.57. The molecule has 0 aromatic rings. The fourth-order valence-corrected chi connectivity index (χ4v) is 6.56. The van der Waals surface area contributed by atoms with Crippen molar-refractivity contribution in [3.05, 3.63) is 23.8 Å². The Bertz CT molecular complexity index is 758. The highest BCUT2D eigenvalue weighted by molar-refractivity contribution is 14.1. The third-order valence-corrected chi connectivity index (χ3v) is 7.94. The number of Topliss-reactive ketones (excluding diaryl/α,β-unsaturated/α-hetero) is 1. The van der Waals surface area contributed by atoms with E-state index in [-0.39, 0.29) is 22.7 Å². The molecule has 4 aliphatic rings. The molecule has 4 rings (SSSR count). The summed E-state index contributed by atoms with van der Waals surface area (Å²) < 4.78 is 3.00. The highest BCUT2D eigenvalue weighted by Gasteiger charge is 2.60. The number of nitrogens with two attached hydrogens (primary N) is 1. The molecule has 132 valence electrons. The lowest BCUT2D eigenvalue weighted by Gasteiger charge is -2.57. The monoisotopic (exact) mass is 449 g/mol. The van der Waals surface area contributed by atoms with E-state index in [0.717, 1.165) is 44.1 Å². The number of carbonyl (C=O) groups excluding carboxylic acids is 2. The number of allylic oxidation sites excluding steroid dienone is 3. The number of hydrogen-bond acceptors (Lipinski definition) is 3. The van der Waals surface area contributed by atoms with Gasteiger partial charge >= 0.3 is 0 Å². The summed E-state index contributed by atoms with van der Waals surface area (Å²) in [5, 5.41) is 0. The first-order valence-electron chi connectivity index (χ1n) is 9.25. The molecule has 0 saturated heterocycles. The molecule has 6 atom stereocenters. The summed E-state index contributed by atoms with van der Waals surface area (Å²) in [6.07, 6.45) is 10.9. The molecule has 3 nitrogen and oxygen atoms in total. The van der Waals surface area contributed by atoms with E-state index in [1.807, 2.05) is 0 Å². The van der Waals surface area contributed by atoms with E-state index in [1.165, 1.54) is 0 Å². The largest absolute Gasteiger partial charge is 0.324 e. The zero-order chi connectivity index (χ0) is 17.8. The number of ketones is 2. The molecule has 0 unspecified atom stereocenters. The van der Waals surface area contributed by atoms with E-state index in [1.54, 1.807) is 12.2 Å². The van der Waals surface area contributed by atoms with E-state index in [0.29, 0.717) is 23.5 Å². The van der Waals surface area contributed by atoms with Gasteiger partial charge in [-0.3, -0.25) is 9.59 Å². The van der Waals surface area contributed by atoms with Gasteiger partial charge in [0.15, 0.2) is 5.78 Å². The molecular weight excluding hydrogens is 425 g/mol. The topological polar surface area (TPSA) is 60.2 Å². The molecule has 0 bridgehead atoms. The van der Waals surface area contributed by atoms with Gasteiger partial charge in [-0.15, -0.1) is 0 Å². The van der Waals surface area contributed by atoms with Crippen LogP contribution >= 0.6 is 22.6 Å². The van der Waals surface area contributed by atoms with Crippen LogP contribution in [0.1, 0.15) is 45.4 Å². The Kier molecular flexibility index (Phi) is 4.24. The lowest BCUT2D eigenvalue weighted by molar-refractivity contribution is -0.131. The van der Waals surface area contributed by atoms with Crippen molar-refractivity contribution in [1.29, 1.82) is 0 Å². The number of carbonyl (C=O) groups is 2. The van der Waals surface area contributed by atoms with Gasteiger partial charge < -0.3 is 5.73 Å². The van der Waals surface area contributed by atoms with Gasteiger partial charge in [-0.25, -0.2) is 0 Å². The maximum absolute atomic E-state index is 12.5. The molecular formula is C21H24INO2. The zero-order valence-corrected chi connectivity index (χ0v) is 16.7. The number of hydrogen-bond donors (Lipinski definition) is 1. The number of rotatable bonds is 1. The van der Waals surface area contributed by atoms with Crippen LogP contribution in [0.25, 0.3) is 0 Å². The van der Waals surface area contributed by atoms with E-state index >= 15 is 0 Å². The molecule has 25 heavy (non-hydrogen) atoms. The zero-order valence-electron chi connectivity index (χ0n) is 14.6. The van der Waals surface area contributed by atoms with Crippen LogP contribution in [0.4, 0.5) is 0 Å².